The summed E-state index contributed by atoms with van der Waals surface area (Å²) in [4.78, 5) is 8.10. The molecule has 1 heterocycles. The van der Waals surface area contributed by atoms with Crippen molar-refractivity contribution < 1.29 is 14.6 Å². The first-order valence-electron chi connectivity index (χ1n) is 5.42. The molecule has 0 unspecified atom stereocenters. The van der Waals surface area contributed by atoms with Crippen LogP contribution in [0.15, 0.2) is 30.6 Å². The van der Waals surface area contributed by atoms with E-state index in [9.17, 15) is 0 Å². The van der Waals surface area contributed by atoms with Gasteiger partial charge in [0, 0.05) is 23.5 Å². The molecule has 18 heavy (non-hydrogen) atoms. The average molecular weight is 246 g/mol. The summed E-state index contributed by atoms with van der Waals surface area (Å²) in [5, 5.41) is 9.16. The Morgan fingerprint density at radius 3 is 2.33 bits per heavy atom. The zero-order chi connectivity index (χ0) is 13.0. The highest BCUT2D eigenvalue weighted by molar-refractivity contribution is 5.64. The second-order valence-electron chi connectivity index (χ2n) is 3.64. The number of aliphatic hydroxyl groups excluding tert-OH is 1. The molecule has 1 aromatic carbocycles. The number of nitrogens with zero attached hydrogens (tertiary/aromatic N) is 2. The van der Waals surface area contributed by atoms with Gasteiger partial charge in [-0.15, -0.1) is 0 Å². The minimum atomic E-state index is -0.0530. The van der Waals surface area contributed by atoms with Crippen LogP contribution in [-0.4, -0.2) is 29.3 Å². The van der Waals surface area contributed by atoms with Crippen molar-refractivity contribution in [2.75, 3.05) is 14.2 Å². The summed E-state index contributed by atoms with van der Waals surface area (Å²) in [6, 6.07) is 5.88. The predicted molar refractivity (Wildman–Crippen MR) is 66.5 cm³/mol. The molecule has 5 heteroatoms. The molecule has 5 nitrogen and oxygen atoms in total. The van der Waals surface area contributed by atoms with Gasteiger partial charge >= 0.3 is 6.01 Å². The molecule has 0 saturated carbocycles. The van der Waals surface area contributed by atoms with E-state index < -0.39 is 0 Å². The minimum Gasteiger partial charge on any atom is -0.496 e. The molecule has 2 rings (SSSR count). The molecule has 0 atom stereocenters. The normalized spacial score (nSPS) is 10.2. The van der Waals surface area contributed by atoms with Gasteiger partial charge in [0.25, 0.3) is 0 Å². The van der Waals surface area contributed by atoms with Crippen molar-refractivity contribution in [2.24, 2.45) is 0 Å². The summed E-state index contributed by atoms with van der Waals surface area (Å²) in [5.41, 5.74) is 2.53. The summed E-state index contributed by atoms with van der Waals surface area (Å²) < 4.78 is 10.1. The number of benzene rings is 1. The number of methoxy groups -OCH3 is 2. The SMILES string of the molecule is COc1ncc(-c2ccc(CO)c(OC)c2)cn1. The third-order valence-electron chi connectivity index (χ3n) is 2.60. The van der Waals surface area contributed by atoms with E-state index in [-0.39, 0.29) is 6.61 Å². The number of hydrogen-bond donors (Lipinski definition) is 1. The Bertz CT molecular complexity index is 526. The van der Waals surface area contributed by atoms with Crippen molar-refractivity contribution >= 4 is 0 Å². The molecule has 0 saturated heterocycles. The molecule has 0 aliphatic rings. The van der Waals surface area contributed by atoms with E-state index in [0.29, 0.717) is 11.8 Å². The molecule has 0 fully saturated rings. The van der Waals surface area contributed by atoms with Crippen LogP contribution in [-0.2, 0) is 6.61 Å². The average Bonchev–Trinajstić information content (AvgIpc) is 2.46. The van der Waals surface area contributed by atoms with Crippen LogP contribution < -0.4 is 9.47 Å². The summed E-state index contributed by atoms with van der Waals surface area (Å²) >= 11 is 0. The Morgan fingerprint density at radius 2 is 1.78 bits per heavy atom. The standard InChI is InChI=1S/C13H14N2O3/c1-17-12-5-9(3-4-10(12)8-16)11-6-14-13(18-2)15-7-11/h3-7,16H,8H2,1-2H3. The van der Waals surface area contributed by atoms with Crippen molar-refractivity contribution in [3.05, 3.63) is 36.2 Å². The lowest BCUT2D eigenvalue weighted by molar-refractivity contribution is 0.274. The Morgan fingerprint density at radius 1 is 1.06 bits per heavy atom. The van der Waals surface area contributed by atoms with E-state index in [0.717, 1.165) is 16.7 Å². The van der Waals surface area contributed by atoms with Gasteiger partial charge in [0.05, 0.1) is 20.8 Å². The molecule has 1 aromatic heterocycles. The van der Waals surface area contributed by atoms with Gasteiger partial charge in [0.2, 0.25) is 0 Å². The molecule has 0 bridgehead atoms. The van der Waals surface area contributed by atoms with Gasteiger partial charge in [-0.2, -0.15) is 0 Å². The molecule has 0 aliphatic carbocycles. The van der Waals surface area contributed by atoms with Crippen LogP contribution in [0.1, 0.15) is 5.56 Å². The zero-order valence-corrected chi connectivity index (χ0v) is 10.3. The Hall–Kier alpha value is -2.14. The van der Waals surface area contributed by atoms with E-state index in [4.69, 9.17) is 14.6 Å². The van der Waals surface area contributed by atoms with Crippen molar-refractivity contribution in [1.82, 2.24) is 9.97 Å². The first kappa shape index (κ1) is 12.3. The fourth-order valence-corrected chi connectivity index (χ4v) is 1.63. The molecule has 0 spiro atoms. The highest BCUT2D eigenvalue weighted by Gasteiger charge is 2.06. The fraction of sp³-hybridized carbons (Fsp3) is 0.231. The second kappa shape index (κ2) is 5.46. The molecule has 0 radical (unpaired) electrons. The van der Waals surface area contributed by atoms with Gasteiger partial charge in [-0.25, -0.2) is 9.97 Å². The van der Waals surface area contributed by atoms with Crippen LogP contribution in [0.3, 0.4) is 0 Å². The van der Waals surface area contributed by atoms with Gasteiger partial charge in [-0.05, 0) is 11.6 Å². The van der Waals surface area contributed by atoms with Gasteiger partial charge in [0.1, 0.15) is 5.75 Å². The van der Waals surface area contributed by atoms with E-state index in [1.807, 2.05) is 18.2 Å². The Balaban J connectivity index is 2.37. The van der Waals surface area contributed by atoms with Crippen molar-refractivity contribution in [3.8, 4) is 22.9 Å². The summed E-state index contributed by atoms with van der Waals surface area (Å²) in [6.07, 6.45) is 3.36. The highest BCUT2D eigenvalue weighted by Crippen LogP contribution is 2.26. The third-order valence-corrected chi connectivity index (χ3v) is 2.60. The topological polar surface area (TPSA) is 64.5 Å². The summed E-state index contributed by atoms with van der Waals surface area (Å²) in [6.45, 7) is -0.0530. The maximum Gasteiger partial charge on any atom is 0.316 e. The van der Waals surface area contributed by atoms with Crippen molar-refractivity contribution in [1.29, 1.82) is 0 Å². The van der Waals surface area contributed by atoms with Gasteiger partial charge in [-0.1, -0.05) is 12.1 Å². The van der Waals surface area contributed by atoms with Crippen molar-refractivity contribution in [3.63, 3.8) is 0 Å². The number of ether oxygens (including phenoxy) is 2. The van der Waals surface area contributed by atoms with Crippen LogP contribution in [0.2, 0.25) is 0 Å². The van der Waals surface area contributed by atoms with Crippen LogP contribution in [0.4, 0.5) is 0 Å². The van der Waals surface area contributed by atoms with E-state index in [2.05, 4.69) is 9.97 Å². The first-order chi connectivity index (χ1) is 8.78. The molecule has 1 N–H and O–H groups in total. The Kier molecular flexibility index (Phi) is 3.74. The molecule has 94 valence electrons. The maximum absolute atomic E-state index is 9.16. The lowest BCUT2D eigenvalue weighted by Gasteiger charge is -2.08. The third kappa shape index (κ3) is 2.41. The quantitative estimate of drug-likeness (QED) is 0.888. The highest BCUT2D eigenvalue weighted by atomic mass is 16.5. The first-order valence-corrected chi connectivity index (χ1v) is 5.42. The van der Waals surface area contributed by atoms with Gasteiger partial charge < -0.3 is 14.6 Å². The van der Waals surface area contributed by atoms with E-state index in [1.165, 1.54) is 7.11 Å². The van der Waals surface area contributed by atoms with E-state index >= 15 is 0 Å². The predicted octanol–water partition coefficient (Wildman–Crippen LogP) is 1.65. The lowest BCUT2D eigenvalue weighted by atomic mass is 10.1. The number of aliphatic hydroxyl groups is 1. The summed E-state index contributed by atoms with van der Waals surface area (Å²) in [5.74, 6) is 0.644. The van der Waals surface area contributed by atoms with Crippen LogP contribution in [0, 0.1) is 0 Å². The Labute approximate surface area is 105 Å². The van der Waals surface area contributed by atoms with Crippen LogP contribution >= 0.6 is 0 Å². The molecule has 0 amide bonds. The fourth-order valence-electron chi connectivity index (χ4n) is 1.63. The summed E-state index contributed by atoms with van der Waals surface area (Å²) in [7, 11) is 3.09. The molecule has 0 aliphatic heterocycles. The monoisotopic (exact) mass is 246 g/mol. The zero-order valence-electron chi connectivity index (χ0n) is 10.3. The van der Waals surface area contributed by atoms with Crippen molar-refractivity contribution in [2.45, 2.75) is 6.61 Å². The van der Waals surface area contributed by atoms with Gasteiger partial charge in [-0.3, -0.25) is 0 Å². The van der Waals surface area contributed by atoms with Crippen LogP contribution in [0.25, 0.3) is 11.1 Å². The number of aromatic nitrogens is 2. The number of hydrogen-bond acceptors (Lipinski definition) is 5. The molecule has 2 aromatic rings. The second-order valence-corrected chi connectivity index (χ2v) is 3.64. The largest absolute Gasteiger partial charge is 0.496 e. The number of rotatable bonds is 4. The lowest BCUT2D eigenvalue weighted by Crippen LogP contribution is -1.94. The van der Waals surface area contributed by atoms with E-state index in [1.54, 1.807) is 19.5 Å². The van der Waals surface area contributed by atoms with Crippen LogP contribution in [0.5, 0.6) is 11.8 Å². The smallest absolute Gasteiger partial charge is 0.316 e. The van der Waals surface area contributed by atoms with Gasteiger partial charge in [0.15, 0.2) is 0 Å². The molecular weight excluding hydrogens is 232 g/mol. The molecular formula is C13H14N2O3. The minimum absolute atomic E-state index is 0.0530. The maximum atomic E-state index is 9.16.